The van der Waals surface area contributed by atoms with Gasteiger partial charge in [0, 0.05) is 25.6 Å². The van der Waals surface area contributed by atoms with Crippen molar-refractivity contribution in [1.29, 1.82) is 0 Å². The van der Waals surface area contributed by atoms with Crippen molar-refractivity contribution in [1.82, 2.24) is 20.1 Å². The summed E-state index contributed by atoms with van der Waals surface area (Å²) in [4.78, 5) is 12.0. The molecule has 0 saturated carbocycles. The molecule has 1 aromatic carbocycles. The third-order valence-electron chi connectivity index (χ3n) is 3.08. The molecule has 106 valence electrons. The van der Waals surface area contributed by atoms with E-state index in [0.29, 0.717) is 18.5 Å². The van der Waals surface area contributed by atoms with Crippen LogP contribution in [0, 0.1) is 6.92 Å². The maximum absolute atomic E-state index is 12.0. The Labute approximate surface area is 117 Å². The number of benzene rings is 1. The van der Waals surface area contributed by atoms with E-state index in [4.69, 9.17) is 5.84 Å². The number of amides is 1. The van der Waals surface area contributed by atoms with E-state index in [9.17, 15) is 4.79 Å². The normalized spacial score (nSPS) is 10.3. The van der Waals surface area contributed by atoms with Crippen LogP contribution in [0.1, 0.15) is 21.7 Å². The molecule has 0 fully saturated rings. The zero-order valence-corrected chi connectivity index (χ0v) is 11.6. The Morgan fingerprint density at radius 1 is 1.45 bits per heavy atom. The summed E-state index contributed by atoms with van der Waals surface area (Å²) in [6.45, 7) is 2.41. The van der Waals surface area contributed by atoms with Crippen LogP contribution in [-0.2, 0) is 13.5 Å². The molecule has 0 radical (unpaired) electrons. The molecule has 2 rings (SSSR count). The summed E-state index contributed by atoms with van der Waals surface area (Å²) in [6, 6.07) is 5.32. The Morgan fingerprint density at radius 3 is 2.85 bits per heavy atom. The largest absolute Gasteiger partial charge is 0.352 e. The van der Waals surface area contributed by atoms with Crippen LogP contribution in [0.25, 0.3) is 0 Å². The summed E-state index contributed by atoms with van der Waals surface area (Å²) >= 11 is 0. The third kappa shape index (κ3) is 3.12. The lowest BCUT2D eigenvalue weighted by Crippen LogP contribution is -2.26. The fourth-order valence-electron chi connectivity index (χ4n) is 1.89. The number of aryl methyl sites for hydroxylation is 2. The smallest absolute Gasteiger partial charge is 0.251 e. The van der Waals surface area contributed by atoms with Crippen molar-refractivity contribution >= 4 is 11.6 Å². The first kappa shape index (κ1) is 14.0. The maximum Gasteiger partial charge on any atom is 0.251 e. The Hall–Kier alpha value is -2.41. The number of hydrazine groups is 1. The minimum absolute atomic E-state index is 0.112. The van der Waals surface area contributed by atoms with Crippen molar-refractivity contribution in [2.45, 2.75) is 13.3 Å². The first-order valence-corrected chi connectivity index (χ1v) is 6.30. The molecule has 0 aliphatic carbocycles. The highest BCUT2D eigenvalue weighted by atomic mass is 16.1. The molecular weight excluding hydrogens is 256 g/mol. The van der Waals surface area contributed by atoms with Crippen LogP contribution in [-0.4, -0.2) is 27.2 Å². The van der Waals surface area contributed by atoms with Crippen LogP contribution in [0.3, 0.4) is 0 Å². The molecule has 0 atom stereocenters. The molecule has 7 nitrogen and oxygen atoms in total. The average Bonchev–Trinajstić information content (AvgIpc) is 2.84. The first-order valence-electron chi connectivity index (χ1n) is 6.30. The summed E-state index contributed by atoms with van der Waals surface area (Å²) in [5.41, 5.74) is 4.92. The molecule has 0 spiro atoms. The molecule has 0 bridgehead atoms. The van der Waals surface area contributed by atoms with Gasteiger partial charge in [0.05, 0.1) is 5.69 Å². The molecule has 4 N–H and O–H groups in total. The number of rotatable bonds is 5. The van der Waals surface area contributed by atoms with E-state index in [1.165, 1.54) is 0 Å². The molecule has 20 heavy (non-hydrogen) atoms. The van der Waals surface area contributed by atoms with Crippen LogP contribution < -0.4 is 16.6 Å². The topological polar surface area (TPSA) is 97.9 Å². The Bertz CT molecular complexity index is 607. The van der Waals surface area contributed by atoms with Gasteiger partial charge in [0.2, 0.25) is 0 Å². The second kappa shape index (κ2) is 6.16. The first-order chi connectivity index (χ1) is 9.61. The SMILES string of the molecule is Cc1cc(C(=O)NCCc2nncn2C)ccc1NN. The standard InChI is InChI=1S/C13H18N6O/c1-9-7-10(3-4-11(9)17-14)13(20)15-6-5-12-18-16-8-19(12)2/h3-4,7-8,17H,5-6,14H2,1-2H3,(H,15,20). The lowest BCUT2D eigenvalue weighted by atomic mass is 10.1. The van der Waals surface area contributed by atoms with Crippen LogP contribution in [0.4, 0.5) is 5.69 Å². The zero-order valence-electron chi connectivity index (χ0n) is 11.6. The second-order valence-electron chi connectivity index (χ2n) is 4.54. The number of carbonyl (C=O) groups excluding carboxylic acids is 1. The molecule has 7 heteroatoms. The van der Waals surface area contributed by atoms with Gasteiger partial charge in [-0.2, -0.15) is 0 Å². The van der Waals surface area contributed by atoms with Gasteiger partial charge in [-0.3, -0.25) is 10.6 Å². The van der Waals surface area contributed by atoms with Gasteiger partial charge in [-0.25, -0.2) is 0 Å². The van der Waals surface area contributed by atoms with Gasteiger partial charge >= 0.3 is 0 Å². The van der Waals surface area contributed by atoms with Crippen molar-refractivity contribution in [2.24, 2.45) is 12.9 Å². The van der Waals surface area contributed by atoms with Crippen LogP contribution in [0.5, 0.6) is 0 Å². The van der Waals surface area contributed by atoms with E-state index in [1.807, 2.05) is 18.5 Å². The Morgan fingerprint density at radius 2 is 2.25 bits per heavy atom. The third-order valence-corrected chi connectivity index (χ3v) is 3.08. The summed E-state index contributed by atoms with van der Waals surface area (Å²) in [5, 5.41) is 10.6. The van der Waals surface area contributed by atoms with Gasteiger partial charge in [0.1, 0.15) is 12.2 Å². The van der Waals surface area contributed by atoms with Crippen molar-refractivity contribution in [2.75, 3.05) is 12.0 Å². The van der Waals surface area contributed by atoms with Gasteiger partial charge < -0.3 is 15.3 Å². The fraction of sp³-hybridized carbons (Fsp3) is 0.308. The maximum atomic E-state index is 12.0. The second-order valence-corrected chi connectivity index (χ2v) is 4.54. The number of anilines is 1. The molecule has 0 aliphatic rings. The molecule has 1 amide bonds. The lowest BCUT2D eigenvalue weighted by molar-refractivity contribution is 0.0954. The highest BCUT2D eigenvalue weighted by Crippen LogP contribution is 2.15. The molecule has 0 unspecified atom stereocenters. The fourth-order valence-corrected chi connectivity index (χ4v) is 1.89. The van der Waals surface area contributed by atoms with Gasteiger partial charge in [-0.15, -0.1) is 10.2 Å². The number of hydrogen-bond acceptors (Lipinski definition) is 5. The molecule has 1 heterocycles. The van der Waals surface area contributed by atoms with Crippen LogP contribution in [0.15, 0.2) is 24.5 Å². The molecule has 0 saturated heterocycles. The number of hydrogen-bond donors (Lipinski definition) is 3. The minimum Gasteiger partial charge on any atom is -0.352 e. The van der Waals surface area contributed by atoms with E-state index in [0.717, 1.165) is 17.1 Å². The highest BCUT2D eigenvalue weighted by molar-refractivity contribution is 5.94. The number of nitrogens with two attached hydrogens (primary N) is 1. The van der Waals surface area contributed by atoms with Crippen molar-refractivity contribution < 1.29 is 4.79 Å². The Balaban J connectivity index is 1.92. The van der Waals surface area contributed by atoms with Gasteiger partial charge in [-0.05, 0) is 30.7 Å². The highest BCUT2D eigenvalue weighted by Gasteiger charge is 2.08. The Kier molecular flexibility index (Phi) is 4.31. The quantitative estimate of drug-likeness (QED) is 0.541. The minimum atomic E-state index is -0.112. The number of nitrogens with one attached hydrogen (secondary N) is 2. The van der Waals surface area contributed by atoms with Crippen molar-refractivity contribution in [3.05, 3.63) is 41.5 Å². The monoisotopic (exact) mass is 274 g/mol. The molecular formula is C13H18N6O. The molecule has 1 aromatic heterocycles. The zero-order chi connectivity index (χ0) is 14.5. The van der Waals surface area contributed by atoms with Gasteiger partial charge in [-0.1, -0.05) is 0 Å². The predicted octanol–water partition coefficient (Wildman–Crippen LogP) is 0.382. The van der Waals surface area contributed by atoms with E-state index < -0.39 is 0 Å². The van der Waals surface area contributed by atoms with Gasteiger partial charge in [0.25, 0.3) is 5.91 Å². The van der Waals surface area contributed by atoms with Crippen LogP contribution >= 0.6 is 0 Å². The number of nitrogens with zero attached hydrogens (tertiary/aromatic N) is 3. The van der Waals surface area contributed by atoms with Crippen molar-refractivity contribution in [3.8, 4) is 0 Å². The summed E-state index contributed by atoms with van der Waals surface area (Å²) in [7, 11) is 1.87. The summed E-state index contributed by atoms with van der Waals surface area (Å²) in [6.07, 6.45) is 2.28. The lowest BCUT2D eigenvalue weighted by Gasteiger charge is -2.08. The predicted molar refractivity (Wildman–Crippen MR) is 76.0 cm³/mol. The summed E-state index contributed by atoms with van der Waals surface area (Å²) in [5.74, 6) is 6.08. The average molecular weight is 274 g/mol. The van der Waals surface area contributed by atoms with Crippen LogP contribution in [0.2, 0.25) is 0 Å². The van der Waals surface area contributed by atoms with Crippen molar-refractivity contribution in [3.63, 3.8) is 0 Å². The van der Waals surface area contributed by atoms with E-state index >= 15 is 0 Å². The number of carbonyl (C=O) groups is 1. The number of nitrogen functional groups attached to an aromatic ring is 1. The summed E-state index contributed by atoms with van der Waals surface area (Å²) < 4.78 is 1.83. The molecule has 2 aromatic rings. The number of aromatic nitrogens is 3. The molecule has 0 aliphatic heterocycles. The van der Waals surface area contributed by atoms with E-state index in [-0.39, 0.29) is 5.91 Å². The van der Waals surface area contributed by atoms with Gasteiger partial charge in [0.15, 0.2) is 0 Å². The van der Waals surface area contributed by atoms with E-state index in [2.05, 4.69) is 20.9 Å². The van der Waals surface area contributed by atoms with E-state index in [1.54, 1.807) is 24.5 Å².